The summed E-state index contributed by atoms with van der Waals surface area (Å²) in [4.78, 5) is 11.6. The second-order valence-electron chi connectivity index (χ2n) is 4.60. The molecule has 0 aliphatic carbocycles. The zero-order chi connectivity index (χ0) is 16.4. The van der Waals surface area contributed by atoms with Gasteiger partial charge in [-0.15, -0.1) is 10.2 Å². The lowest BCUT2D eigenvalue weighted by Gasteiger charge is -1.99. The molecule has 0 bridgehead atoms. The minimum Gasteiger partial charge on any atom is -0.459 e. The first-order chi connectivity index (χ1) is 11.1. The van der Waals surface area contributed by atoms with Gasteiger partial charge in [0.15, 0.2) is 0 Å². The molecule has 0 amide bonds. The number of halogens is 1. The average molecular weight is 317 g/mol. The molecular formula is C15H12FN3O4. The van der Waals surface area contributed by atoms with E-state index in [1.807, 2.05) is 0 Å². The van der Waals surface area contributed by atoms with Gasteiger partial charge < -0.3 is 13.7 Å². The van der Waals surface area contributed by atoms with Gasteiger partial charge in [-0.25, -0.2) is 9.18 Å². The van der Waals surface area contributed by atoms with E-state index in [1.165, 1.54) is 12.1 Å². The molecular weight excluding hydrogens is 305 g/mol. The van der Waals surface area contributed by atoms with Crippen molar-refractivity contribution in [2.75, 3.05) is 6.61 Å². The number of rotatable bonds is 4. The van der Waals surface area contributed by atoms with E-state index in [0.717, 1.165) is 0 Å². The molecule has 2 heterocycles. The zero-order valence-corrected chi connectivity index (χ0v) is 12.4. The number of benzene rings is 1. The maximum Gasteiger partial charge on any atom is 0.396 e. The van der Waals surface area contributed by atoms with Gasteiger partial charge in [0.05, 0.1) is 6.61 Å². The van der Waals surface area contributed by atoms with E-state index in [2.05, 4.69) is 15.4 Å². The van der Waals surface area contributed by atoms with Crippen LogP contribution in [0.2, 0.25) is 0 Å². The van der Waals surface area contributed by atoms with Gasteiger partial charge in [-0.1, -0.05) is 5.16 Å². The molecule has 118 valence electrons. The largest absolute Gasteiger partial charge is 0.459 e. The first-order valence-electron chi connectivity index (χ1n) is 6.83. The summed E-state index contributed by atoms with van der Waals surface area (Å²) in [5, 5.41) is 11.4. The number of hydrogen-bond donors (Lipinski definition) is 0. The number of carbonyl (C=O) groups excluding carboxylic acids is 1. The van der Waals surface area contributed by atoms with Crippen LogP contribution in [0.4, 0.5) is 4.39 Å². The molecule has 3 aromatic rings. The van der Waals surface area contributed by atoms with Crippen LogP contribution in [0, 0.1) is 12.7 Å². The molecule has 3 rings (SSSR count). The lowest BCUT2D eigenvalue weighted by atomic mass is 10.1. The molecule has 0 radical (unpaired) electrons. The third kappa shape index (κ3) is 2.83. The van der Waals surface area contributed by atoms with Crippen LogP contribution in [-0.2, 0) is 4.74 Å². The number of carbonyl (C=O) groups is 1. The molecule has 0 spiro atoms. The topological polar surface area (TPSA) is 91.2 Å². The van der Waals surface area contributed by atoms with Crippen molar-refractivity contribution in [2.24, 2.45) is 0 Å². The van der Waals surface area contributed by atoms with E-state index in [4.69, 9.17) is 13.7 Å². The summed E-state index contributed by atoms with van der Waals surface area (Å²) in [6, 6.07) is 5.72. The Bertz CT molecular complexity index is 839. The Balaban J connectivity index is 2.02. The standard InChI is InChI=1S/C15H12FN3O4/c1-3-21-15(20)14-18-17-13(22-14)11-8(2)23-19-12(11)9-4-6-10(16)7-5-9/h4-7H,3H2,1-2H3. The van der Waals surface area contributed by atoms with Gasteiger partial charge in [0.25, 0.3) is 5.89 Å². The third-order valence-corrected chi connectivity index (χ3v) is 3.07. The summed E-state index contributed by atoms with van der Waals surface area (Å²) in [7, 11) is 0. The van der Waals surface area contributed by atoms with Crippen LogP contribution in [0.5, 0.6) is 0 Å². The molecule has 8 heteroatoms. The minimum absolute atomic E-state index is 0.0751. The third-order valence-electron chi connectivity index (χ3n) is 3.07. The lowest BCUT2D eigenvalue weighted by molar-refractivity contribution is 0.0481. The molecule has 2 aromatic heterocycles. The molecule has 0 saturated carbocycles. The molecule has 0 atom stereocenters. The molecule has 0 unspecified atom stereocenters. The molecule has 0 N–H and O–H groups in total. The Hall–Kier alpha value is -3.03. The maximum atomic E-state index is 13.1. The summed E-state index contributed by atoms with van der Waals surface area (Å²) in [6.45, 7) is 3.54. The van der Waals surface area contributed by atoms with Crippen LogP contribution in [0.1, 0.15) is 23.4 Å². The van der Waals surface area contributed by atoms with Crippen molar-refractivity contribution in [3.05, 3.63) is 41.7 Å². The molecule has 0 fully saturated rings. The van der Waals surface area contributed by atoms with Crippen LogP contribution in [-0.4, -0.2) is 27.9 Å². The molecule has 0 aliphatic heterocycles. The maximum absolute atomic E-state index is 13.1. The molecule has 0 aliphatic rings. The van der Waals surface area contributed by atoms with Crippen molar-refractivity contribution >= 4 is 5.97 Å². The van der Waals surface area contributed by atoms with Crippen molar-refractivity contribution in [1.82, 2.24) is 15.4 Å². The number of esters is 1. The monoisotopic (exact) mass is 317 g/mol. The second kappa shape index (κ2) is 5.99. The van der Waals surface area contributed by atoms with Crippen molar-refractivity contribution in [3.63, 3.8) is 0 Å². The highest BCUT2D eigenvalue weighted by atomic mass is 19.1. The Labute approximate surface area is 130 Å². The highest BCUT2D eigenvalue weighted by Gasteiger charge is 2.24. The van der Waals surface area contributed by atoms with Gasteiger partial charge in [-0.3, -0.25) is 0 Å². The number of nitrogens with zero attached hydrogens (tertiary/aromatic N) is 3. The summed E-state index contributed by atoms with van der Waals surface area (Å²) < 4.78 is 28.4. The Kier molecular flexibility index (Phi) is 3.88. The molecule has 23 heavy (non-hydrogen) atoms. The fraction of sp³-hybridized carbons (Fsp3) is 0.200. The molecule has 7 nitrogen and oxygen atoms in total. The number of aromatic nitrogens is 3. The summed E-state index contributed by atoms with van der Waals surface area (Å²) in [6.07, 6.45) is 0. The summed E-state index contributed by atoms with van der Waals surface area (Å²) in [5.74, 6) is -0.816. The summed E-state index contributed by atoms with van der Waals surface area (Å²) in [5.41, 5.74) is 1.48. The van der Waals surface area contributed by atoms with Crippen LogP contribution in [0.25, 0.3) is 22.7 Å². The summed E-state index contributed by atoms with van der Waals surface area (Å²) >= 11 is 0. The van der Waals surface area contributed by atoms with Gasteiger partial charge in [-0.05, 0) is 38.1 Å². The van der Waals surface area contributed by atoms with Crippen molar-refractivity contribution in [1.29, 1.82) is 0 Å². The molecule has 1 aromatic carbocycles. The van der Waals surface area contributed by atoms with Crippen LogP contribution in [0.3, 0.4) is 0 Å². The predicted molar refractivity (Wildman–Crippen MR) is 75.9 cm³/mol. The van der Waals surface area contributed by atoms with Gasteiger partial charge >= 0.3 is 11.9 Å². The fourth-order valence-electron chi connectivity index (χ4n) is 2.03. The van der Waals surface area contributed by atoms with Crippen molar-refractivity contribution in [2.45, 2.75) is 13.8 Å². The minimum atomic E-state index is -0.705. The van der Waals surface area contributed by atoms with E-state index in [9.17, 15) is 9.18 Å². The lowest BCUT2D eigenvalue weighted by Crippen LogP contribution is -2.04. The van der Waals surface area contributed by atoms with Crippen LogP contribution in [0.15, 0.2) is 33.2 Å². The van der Waals surface area contributed by atoms with Gasteiger partial charge in [0.2, 0.25) is 0 Å². The first kappa shape index (κ1) is 14.9. The first-order valence-corrected chi connectivity index (χ1v) is 6.83. The van der Waals surface area contributed by atoms with E-state index in [0.29, 0.717) is 22.6 Å². The zero-order valence-electron chi connectivity index (χ0n) is 12.4. The quantitative estimate of drug-likeness (QED) is 0.683. The highest BCUT2D eigenvalue weighted by molar-refractivity contribution is 5.85. The predicted octanol–water partition coefficient (Wildman–Crippen LogP) is 3.02. The Morgan fingerprint density at radius 1 is 1.26 bits per heavy atom. The van der Waals surface area contributed by atoms with Gasteiger partial charge in [0, 0.05) is 5.56 Å². The van der Waals surface area contributed by atoms with Crippen LogP contribution >= 0.6 is 0 Å². The van der Waals surface area contributed by atoms with E-state index < -0.39 is 5.97 Å². The number of aryl methyl sites for hydroxylation is 1. The average Bonchev–Trinajstić information content (AvgIpc) is 3.15. The van der Waals surface area contributed by atoms with E-state index in [-0.39, 0.29) is 24.2 Å². The normalized spacial score (nSPS) is 10.7. The molecule has 0 saturated heterocycles. The fourth-order valence-corrected chi connectivity index (χ4v) is 2.03. The van der Waals surface area contributed by atoms with Crippen molar-refractivity contribution in [3.8, 4) is 22.7 Å². The smallest absolute Gasteiger partial charge is 0.396 e. The second-order valence-corrected chi connectivity index (χ2v) is 4.60. The Morgan fingerprint density at radius 2 is 2.00 bits per heavy atom. The Morgan fingerprint density at radius 3 is 2.70 bits per heavy atom. The van der Waals surface area contributed by atoms with E-state index >= 15 is 0 Å². The van der Waals surface area contributed by atoms with Crippen molar-refractivity contribution < 1.29 is 22.9 Å². The SMILES string of the molecule is CCOC(=O)c1nnc(-c2c(-c3ccc(F)cc3)noc2C)o1. The number of ether oxygens (including phenoxy) is 1. The highest BCUT2D eigenvalue weighted by Crippen LogP contribution is 2.33. The van der Waals surface area contributed by atoms with E-state index in [1.54, 1.807) is 26.0 Å². The van der Waals surface area contributed by atoms with Crippen LogP contribution < -0.4 is 0 Å². The van der Waals surface area contributed by atoms with Gasteiger partial charge in [0.1, 0.15) is 22.8 Å². The van der Waals surface area contributed by atoms with Gasteiger partial charge in [-0.2, -0.15) is 0 Å². The number of hydrogen-bond acceptors (Lipinski definition) is 7.